The van der Waals surface area contributed by atoms with Crippen molar-refractivity contribution in [3.05, 3.63) is 0 Å². The molecule has 0 unspecified atom stereocenters. The Hall–Kier alpha value is -1.10. The summed E-state index contributed by atoms with van der Waals surface area (Å²) in [6.45, 7) is 1.27. The van der Waals surface area contributed by atoms with E-state index in [1.54, 1.807) is 0 Å². The quantitative estimate of drug-likeness (QED) is 0.518. The summed E-state index contributed by atoms with van der Waals surface area (Å²) in [5.74, 6) is 0. The molecule has 0 radical (unpaired) electrons. The summed E-state index contributed by atoms with van der Waals surface area (Å²) in [5, 5.41) is 3.75. The molecule has 5 heteroatoms. The topological polar surface area (TPSA) is 76.7 Å². The van der Waals surface area contributed by atoms with E-state index in [1.165, 1.54) is 0 Å². The van der Waals surface area contributed by atoms with Gasteiger partial charge in [-0.25, -0.2) is 10.2 Å². The third kappa shape index (κ3) is 2.99. The number of urea groups is 1. The van der Waals surface area contributed by atoms with Gasteiger partial charge >= 0.3 is 6.03 Å². The number of primary amides is 1. The number of amides is 2. The van der Waals surface area contributed by atoms with Gasteiger partial charge in [0.15, 0.2) is 0 Å². The summed E-state index contributed by atoms with van der Waals surface area (Å²) in [6, 6.07) is -0.636. The van der Waals surface area contributed by atoms with Crippen LogP contribution in [0.5, 0.6) is 0 Å². The van der Waals surface area contributed by atoms with Crippen molar-refractivity contribution in [3.8, 4) is 0 Å². The molecule has 1 heterocycles. The van der Waals surface area contributed by atoms with E-state index in [4.69, 9.17) is 10.5 Å². The van der Waals surface area contributed by atoms with Crippen LogP contribution in [0.2, 0.25) is 0 Å². The Kier molecular flexibility index (Phi) is 2.85. The molecule has 2 amide bonds. The number of nitrogens with zero attached hydrogens (tertiary/aromatic N) is 1. The van der Waals surface area contributed by atoms with E-state index in [0.29, 0.717) is 6.61 Å². The molecule has 1 fully saturated rings. The van der Waals surface area contributed by atoms with E-state index in [-0.39, 0.29) is 0 Å². The molecule has 0 aromatic heterocycles. The lowest BCUT2D eigenvalue weighted by atomic mass is 10.2. The molecule has 0 bridgehead atoms. The second kappa shape index (κ2) is 3.92. The Morgan fingerprint density at radius 3 is 3.09 bits per heavy atom. The Morgan fingerprint density at radius 2 is 2.55 bits per heavy atom. The first kappa shape index (κ1) is 8.00. The van der Waals surface area contributed by atoms with Crippen LogP contribution in [0, 0.1) is 0 Å². The molecule has 0 aromatic carbocycles. The molecule has 5 nitrogen and oxygen atoms in total. The first-order chi connectivity index (χ1) is 5.29. The summed E-state index contributed by atoms with van der Waals surface area (Å²) >= 11 is 0. The second-order valence-electron chi connectivity index (χ2n) is 2.31. The Bertz CT molecular complexity index is 171. The molecule has 3 N–H and O–H groups in total. The van der Waals surface area contributed by atoms with Crippen molar-refractivity contribution in [1.82, 2.24) is 5.43 Å². The van der Waals surface area contributed by atoms with Crippen LogP contribution in [-0.4, -0.2) is 25.0 Å². The van der Waals surface area contributed by atoms with E-state index in [1.807, 2.05) is 0 Å². The van der Waals surface area contributed by atoms with Crippen molar-refractivity contribution in [1.29, 1.82) is 0 Å². The molecule has 0 spiro atoms. The number of carbonyl (C=O) groups is 1. The predicted octanol–water partition coefficient (Wildman–Crippen LogP) is -0.179. The maximum atomic E-state index is 10.2. The van der Waals surface area contributed by atoms with E-state index in [2.05, 4.69) is 10.5 Å². The van der Waals surface area contributed by atoms with Crippen molar-refractivity contribution in [2.75, 3.05) is 13.2 Å². The Labute approximate surface area is 64.6 Å². The maximum absolute atomic E-state index is 10.2. The van der Waals surface area contributed by atoms with Gasteiger partial charge in [-0.05, 0) is 12.8 Å². The van der Waals surface area contributed by atoms with Gasteiger partial charge in [-0.1, -0.05) is 0 Å². The summed E-state index contributed by atoms with van der Waals surface area (Å²) in [5.41, 5.74) is 7.82. The van der Waals surface area contributed by atoms with Gasteiger partial charge in [0, 0.05) is 6.61 Å². The Morgan fingerprint density at radius 1 is 1.73 bits per heavy atom. The lowest BCUT2D eigenvalue weighted by Gasteiger charge is -2.12. The smallest absolute Gasteiger partial charge is 0.332 e. The molecule has 0 saturated carbocycles. The highest BCUT2D eigenvalue weighted by Crippen LogP contribution is 2.01. The standard InChI is InChI=1S/C6H11N3O2/c7-6(10)9-8-5-2-1-3-11-4-5/h1-4H2,(H3,7,9,10). The fraction of sp³-hybridized carbons (Fsp3) is 0.667. The van der Waals surface area contributed by atoms with Crippen LogP contribution in [0.3, 0.4) is 0 Å². The van der Waals surface area contributed by atoms with Crippen LogP contribution in [-0.2, 0) is 4.74 Å². The minimum absolute atomic E-state index is 0.500. The summed E-state index contributed by atoms with van der Waals surface area (Å²) in [7, 11) is 0. The number of hydrogen-bond donors (Lipinski definition) is 2. The molecule has 1 aliphatic heterocycles. The third-order valence-corrected chi connectivity index (χ3v) is 1.35. The van der Waals surface area contributed by atoms with Crippen LogP contribution < -0.4 is 11.2 Å². The molecule has 1 aliphatic rings. The van der Waals surface area contributed by atoms with Crippen LogP contribution in [0.4, 0.5) is 4.79 Å². The number of hydrogen-bond acceptors (Lipinski definition) is 3. The van der Waals surface area contributed by atoms with Gasteiger partial charge in [-0.15, -0.1) is 0 Å². The average Bonchev–Trinajstić information content (AvgIpc) is 2.03. The zero-order valence-corrected chi connectivity index (χ0v) is 6.17. The van der Waals surface area contributed by atoms with Gasteiger partial charge in [0.25, 0.3) is 0 Å². The molecule has 0 atom stereocenters. The molecule has 0 aliphatic carbocycles. The first-order valence-electron chi connectivity index (χ1n) is 3.47. The van der Waals surface area contributed by atoms with E-state index >= 15 is 0 Å². The molecular weight excluding hydrogens is 146 g/mol. The second-order valence-corrected chi connectivity index (χ2v) is 2.31. The third-order valence-electron chi connectivity index (χ3n) is 1.35. The number of nitrogens with two attached hydrogens (primary N) is 1. The van der Waals surface area contributed by atoms with Crippen LogP contribution in [0.15, 0.2) is 5.10 Å². The molecular formula is C6H11N3O2. The maximum Gasteiger partial charge on any atom is 0.332 e. The monoisotopic (exact) mass is 157 g/mol. The van der Waals surface area contributed by atoms with E-state index < -0.39 is 6.03 Å². The minimum atomic E-state index is -0.636. The minimum Gasteiger partial charge on any atom is -0.375 e. The molecule has 1 rings (SSSR count). The van der Waals surface area contributed by atoms with E-state index in [0.717, 1.165) is 25.2 Å². The zero-order valence-electron chi connectivity index (χ0n) is 6.17. The lowest BCUT2D eigenvalue weighted by Crippen LogP contribution is -2.28. The normalized spacial score (nSPS) is 21.6. The average molecular weight is 157 g/mol. The molecule has 11 heavy (non-hydrogen) atoms. The number of rotatable bonds is 1. The predicted molar refractivity (Wildman–Crippen MR) is 40.2 cm³/mol. The largest absolute Gasteiger partial charge is 0.375 e. The van der Waals surface area contributed by atoms with Gasteiger partial charge in [-0.2, -0.15) is 5.10 Å². The van der Waals surface area contributed by atoms with E-state index in [9.17, 15) is 4.79 Å². The molecule has 62 valence electrons. The van der Waals surface area contributed by atoms with Crippen molar-refractivity contribution in [2.45, 2.75) is 12.8 Å². The van der Waals surface area contributed by atoms with Crippen LogP contribution in [0.25, 0.3) is 0 Å². The highest BCUT2D eigenvalue weighted by atomic mass is 16.5. The summed E-state index contributed by atoms with van der Waals surface area (Å²) in [6.07, 6.45) is 1.83. The van der Waals surface area contributed by atoms with Gasteiger partial charge in [0.2, 0.25) is 0 Å². The number of ether oxygens (including phenoxy) is 1. The highest BCUT2D eigenvalue weighted by Gasteiger charge is 2.06. The van der Waals surface area contributed by atoms with Gasteiger partial charge in [0.1, 0.15) is 0 Å². The van der Waals surface area contributed by atoms with Crippen LogP contribution >= 0.6 is 0 Å². The van der Waals surface area contributed by atoms with Gasteiger partial charge in [0.05, 0.1) is 12.3 Å². The number of nitrogens with one attached hydrogen (secondary N) is 1. The molecule has 0 aromatic rings. The molecule has 1 saturated heterocycles. The lowest BCUT2D eigenvalue weighted by molar-refractivity contribution is 0.154. The van der Waals surface area contributed by atoms with Crippen molar-refractivity contribution < 1.29 is 9.53 Å². The SMILES string of the molecule is NC(=O)NN=C1CCCOC1. The van der Waals surface area contributed by atoms with Crippen molar-refractivity contribution in [3.63, 3.8) is 0 Å². The van der Waals surface area contributed by atoms with Crippen molar-refractivity contribution in [2.24, 2.45) is 10.8 Å². The first-order valence-corrected chi connectivity index (χ1v) is 3.47. The number of carbonyl (C=O) groups excluding carboxylic acids is 1. The number of hydrazone groups is 1. The summed E-state index contributed by atoms with van der Waals surface area (Å²) in [4.78, 5) is 10.2. The van der Waals surface area contributed by atoms with Gasteiger partial charge < -0.3 is 10.5 Å². The summed E-state index contributed by atoms with van der Waals surface area (Å²) < 4.78 is 5.09. The van der Waals surface area contributed by atoms with Crippen LogP contribution in [0.1, 0.15) is 12.8 Å². The Balaban J connectivity index is 2.32. The van der Waals surface area contributed by atoms with Crippen molar-refractivity contribution >= 4 is 11.7 Å². The zero-order chi connectivity index (χ0) is 8.10. The fourth-order valence-corrected chi connectivity index (χ4v) is 0.863. The van der Waals surface area contributed by atoms with Gasteiger partial charge in [-0.3, -0.25) is 0 Å². The fourth-order valence-electron chi connectivity index (χ4n) is 0.863. The highest BCUT2D eigenvalue weighted by molar-refractivity contribution is 5.87.